The maximum Gasteiger partial charge on any atom is 0.225 e. The third kappa shape index (κ3) is 4.10. The van der Waals surface area contributed by atoms with E-state index in [1.807, 2.05) is 11.5 Å². The molecule has 0 radical (unpaired) electrons. The van der Waals surface area contributed by atoms with E-state index in [0.29, 0.717) is 11.9 Å². The molecule has 0 bridgehead atoms. The normalized spacial score (nSPS) is 12.3. The van der Waals surface area contributed by atoms with Gasteiger partial charge in [0.15, 0.2) is 0 Å². The summed E-state index contributed by atoms with van der Waals surface area (Å²) >= 11 is 14.4. The van der Waals surface area contributed by atoms with Crippen molar-refractivity contribution >= 4 is 64.9 Å². The largest absolute Gasteiger partial charge is 0.361 e. The molecular weight excluding hydrogens is 440 g/mol. The molecule has 116 valence electrons. The summed E-state index contributed by atoms with van der Waals surface area (Å²) in [5.74, 6) is 0. The van der Waals surface area contributed by atoms with Gasteiger partial charge in [0.1, 0.15) is 17.5 Å². The summed E-state index contributed by atoms with van der Waals surface area (Å²) in [5.41, 5.74) is 1.80. The molecule has 0 fully saturated rings. The standard InChI is InChI=1S/C13H18Cl2IN3OSi/c1-8-10(16)9-11(14)17-13(15)18-12(9)19(8)7-20-5-6-21(2,3)4/h5-7H2,1-4H3. The van der Waals surface area contributed by atoms with E-state index in [-0.39, 0.29) is 5.28 Å². The van der Waals surface area contributed by atoms with E-state index >= 15 is 0 Å². The van der Waals surface area contributed by atoms with Crippen LogP contribution in [0.1, 0.15) is 5.69 Å². The third-order valence-corrected chi connectivity index (χ3v) is 6.70. The smallest absolute Gasteiger partial charge is 0.225 e. The summed E-state index contributed by atoms with van der Waals surface area (Å²) in [4.78, 5) is 8.31. The maximum atomic E-state index is 6.19. The number of aromatic nitrogens is 3. The van der Waals surface area contributed by atoms with Crippen molar-refractivity contribution in [3.8, 4) is 0 Å². The highest BCUT2D eigenvalue weighted by Gasteiger charge is 2.18. The third-order valence-electron chi connectivity index (χ3n) is 3.23. The van der Waals surface area contributed by atoms with Crippen LogP contribution in [0, 0.1) is 10.5 Å². The van der Waals surface area contributed by atoms with Crippen molar-refractivity contribution in [1.29, 1.82) is 0 Å². The zero-order valence-electron chi connectivity index (χ0n) is 12.5. The Kier molecular flexibility index (Phi) is 5.57. The number of fused-ring (bicyclic) bond motifs is 1. The highest BCUT2D eigenvalue weighted by molar-refractivity contribution is 14.1. The summed E-state index contributed by atoms with van der Waals surface area (Å²) in [5, 5.41) is 1.39. The predicted octanol–water partition coefficient (Wildman–Crippen LogP) is 4.96. The Morgan fingerprint density at radius 3 is 2.52 bits per heavy atom. The first-order valence-electron chi connectivity index (χ1n) is 6.66. The number of hydrogen-bond donors (Lipinski definition) is 0. The van der Waals surface area contributed by atoms with Crippen LogP contribution in [0.2, 0.25) is 36.1 Å². The molecule has 2 aromatic rings. The van der Waals surface area contributed by atoms with Gasteiger partial charge in [0.05, 0.1) is 5.39 Å². The molecule has 0 saturated carbocycles. The van der Waals surface area contributed by atoms with Crippen LogP contribution in [-0.4, -0.2) is 29.2 Å². The van der Waals surface area contributed by atoms with Gasteiger partial charge in [-0.25, -0.2) is 4.98 Å². The molecule has 2 heterocycles. The Morgan fingerprint density at radius 1 is 1.24 bits per heavy atom. The summed E-state index contributed by atoms with van der Waals surface area (Å²) < 4.78 is 8.87. The Morgan fingerprint density at radius 2 is 1.90 bits per heavy atom. The zero-order valence-corrected chi connectivity index (χ0v) is 17.2. The van der Waals surface area contributed by atoms with E-state index in [1.165, 1.54) is 0 Å². The van der Waals surface area contributed by atoms with E-state index < -0.39 is 8.07 Å². The van der Waals surface area contributed by atoms with Gasteiger partial charge in [-0.15, -0.1) is 0 Å². The highest BCUT2D eigenvalue weighted by Crippen LogP contribution is 2.31. The summed E-state index contributed by atoms with van der Waals surface area (Å²) in [7, 11) is -1.08. The molecular formula is C13H18Cl2IN3OSi. The molecule has 0 aromatic carbocycles. The van der Waals surface area contributed by atoms with Crippen molar-refractivity contribution in [3.05, 3.63) is 19.7 Å². The van der Waals surface area contributed by atoms with Gasteiger partial charge in [-0.05, 0) is 47.2 Å². The van der Waals surface area contributed by atoms with Crippen LogP contribution in [0.25, 0.3) is 11.0 Å². The van der Waals surface area contributed by atoms with Gasteiger partial charge >= 0.3 is 0 Å². The Labute approximate surface area is 149 Å². The molecule has 8 heteroatoms. The Balaban J connectivity index is 2.26. The van der Waals surface area contributed by atoms with Gasteiger partial charge in [0, 0.05) is 23.9 Å². The second-order valence-electron chi connectivity index (χ2n) is 6.16. The van der Waals surface area contributed by atoms with Gasteiger partial charge in [0.25, 0.3) is 0 Å². The lowest BCUT2D eigenvalue weighted by atomic mass is 10.4. The van der Waals surface area contributed by atoms with Gasteiger partial charge in [-0.2, -0.15) is 4.98 Å². The SMILES string of the molecule is Cc1c(I)c2c(Cl)nc(Cl)nc2n1COCC[Si](C)(C)C. The van der Waals surface area contributed by atoms with Crippen LogP contribution >= 0.6 is 45.8 Å². The van der Waals surface area contributed by atoms with E-state index in [0.717, 1.165) is 32.9 Å². The van der Waals surface area contributed by atoms with Gasteiger partial charge in [-0.1, -0.05) is 31.2 Å². The average molecular weight is 458 g/mol. The molecule has 0 amide bonds. The van der Waals surface area contributed by atoms with Gasteiger partial charge < -0.3 is 9.30 Å². The van der Waals surface area contributed by atoms with E-state index in [9.17, 15) is 0 Å². The van der Waals surface area contributed by atoms with Crippen molar-refractivity contribution in [2.24, 2.45) is 0 Å². The first kappa shape index (κ1) is 17.5. The second kappa shape index (κ2) is 6.70. The lowest BCUT2D eigenvalue weighted by molar-refractivity contribution is 0.0885. The maximum absolute atomic E-state index is 6.19. The van der Waals surface area contributed by atoms with Crippen LogP contribution in [0.3, 0.4) is 0 Å². The van der Waals surface area contributed by atoms with Crippen molar-refractivity contribution in [1.82, 2.24) is 14.5 Å². The van der Waals surface area contributed by atoms with E-state index in [1.54, 1.807) is 0 Å². The average Bonchev–Trinajstić information content (AvgIpc) is 2.57. The number of halogens is 3. The number of rotatable bonds is 5. The summed E-state index contributed by atoms with van der Waals surface area (Å²) in [6, 6.07) is 1.14. The molecule has 0 N–H and O–H groups in total. The first-order chi connectivity index (χ1) is 9.70. The molecule has 0 aliphatic heterocycles. The van der Waals surface area contributed by atoms with E-state index in [4.69, 9.17) is 27.9 Å². The molecule has 2 rings (SSSR count). The monoisotopic (exact) mass is 457 g/mol. The van der Waals surface area contributed by atoms with Gasteiger partial charge in [-0.3, -0.25) is 0 Å². The first-order valence-corrected chi connectivity index (χ1v) is 12.2. The lowest BCUT2D eigenvalue weighted by Gasteiger charge is -2.16. The molecule has 0 spiro atoms. The van der Waals surface area contributed by atoms with Crippen LogP contribution in [0.15, 0.2) is 0 Å². The highest BCUT2D eigenvalue weighted by atomic mass is 127. The summed E-state index contributed by atoms with van der Waals surface area (Å²) in [6.45, 7) is 10.3. The second-order valence-corrected chi connectivity index (χ2v) is 13.6. The fourth-order valence-electron chi connectivity index (χ4n) is 1.93. The van der Waals surface area contributed by atoms with Crippen LogP contribution < -0.4 is 0 Å². The molecule has 0 aliphatic carbocycles. The van der Waals surface area contributed by atoms with Crippen molar-refractivity contribution in [2.75, 3.05) is 6.61 Å². The number of hydrogen-bond acceptors (Lipinski definition) is 3. The van der Waals surface area contributed by atoms with Crippen molar-refractivity contribution < 1.29 is 4.74 Å². The number of ether oxygens (including phenoxy) is 1. The molecule has 0 saturated heterocycles. The summed E-state index contributed by atoms with van der Waals surface area (Å²) in [6.07, 6.45) is 0. The topological polar surface area (TPSA) is 39.9 Å². The minimum atomic E-state index is -1.08. The molecule has 21 heavy (non-hydrogen) atoms. The zero-order chi connectivity index (χ0) is 15.8. The quantitative estimate of drug-likeness (QED) is 0.209. The molecule has 0 atom stereocenters. The van der Waals surface area contributed by atoms with Crippen LogP contribution in [-0.2, 0) is 11.5 Å². The minimum Gasteiger partial charge on any atom is -0.361 e. The Hall–Kier alpha value is 0.107. The van der Waals surface area contributed by atoms with Crippen LogP contribution in [0.5, 0.6) is 0 Å². The Bertz CT molecular complexity index is 670. The predicted molar refractivity (Wildman–Crippen MR) is 99.1 cm³/mol. The van der Waals surface area contributed by atoms with E-state index in [2.05, 4.69) is 52.2 Å². The fourth-order valence-corrected chi connectivity index (χ4v) is 4.10. The minimum absolute atomic E-state index is 0.157. The van der Waals surface area contributed by atoms with Crippen molar-refractivity contribution in [2.45, 2.75) is 39.3 Å². The lowest BCUT2D eigenvalue weighted by Crippen LogP contribution is -2.22. The molecule has 4 nitrogen and oxygen atoms in total. The fraction of sp³-hybridized carbons (Fsp3) is 0.538. The number of nitrogens with zero attached hydrogens (tertiary/aromatic N) is 3. The molecule has 2 aromatic heterocycles. The van der Waals surface area contributed by atoms with Crippen LogP contribution in [0.4, 0.5) is 0 Å². The van der Waals surface area contributed by atoms with Gasteiger partial charge in [0.2, 0.25) is 5.28 Å². The molecule has 0 unspecified atom stereocenters. The molecule has 0 aliphatic rings. The van der Waals surface area contributed by atoms with Crippen molar-refractivity contribution in [3.63, 3.8) is 0 Å².